The lowest BCUT2D eigenvalue weighted by molar-refractivity contribution is 0.332. The monoisotopic (exact) mass is 443 g/mol. The molecule has 2 atom stereocenters. The number of aromatic amines is 1. The minimum atomic E-state index is -0.0972. The predicted molar refractivity (Wildman–Crippen MR) is 119 cm³/mol. The molecule has 1 fully saturated rings. The third-order valence-corrected chi connectivity index (χ3v) is 6.26. The van der Waals surface area contributed by atoms with Gasteiger partial charge in [0, 0.05) is 48.5 Å². The van der Waals surface area contributed by atoms with Gasteiger partial charge in [-0.15, -0.1) is 0 Å². The van der Waals surface area contributed by atoms with Gasteiger partial charge in [-0.2, -0.15) is 15.6 Å². The Morgan fingerprint density at radius 1 is 1.25 bits per heavy atom. The maximum absolute atomic E-state index is 9.51. The van der Waals surface area contributed by atoms with Crippen molar-refractivity contribution in [3.05, 3.63) is 54.0 Å². The summed E-state index contributed by atoms with van der Waals surface area (Å²) in [4.78, 5) is 18.0. The number of aromatic nitrogens is 6. The summed E-state index contributed by atoms with van der Waals surface area (Å²) >= 11 is 6.17. The molecule has 0 aromatic carbocycles. The Morgan fingerprint density at radius 2 is 2.16 bits per heavy atom. The van der Waals surface area contributed by atoms with E-state index < -0.39 is 0 Å². The van der Waals surface area contributed by atoms with E-state index >= 15 is 0 Å². The third kappa shape index (κ3) is 3.43. The van der Waals surface area contributed by atoms with Gasteiger partial charge < -0.3 is 9.88 Å². The van der Waals surface area contributed by atoms with Gasteiger partial charge in [0.05, 0.1) is 52.9 Å². The van der Waals surface area contributed by atoms with Crippen LogP contribution in [-0.2, 0) is 0 Å². The predicted octanol–water partition coefficient (Wildman–Crippen LogP) is 3.72. The molecule has 1 aliphatic rings. The minimum absolute atomic E-state index is 0.0972. The van der Waals surface area contributed by atoms with E-state index in [0.717, 1.165) is 40.9 Å². The van der Waals surface area contributed by atoms with Crippen LogP contribution in [0.25, 0.3) is 22.3 Å². The van der Waals surface area contributed by atoms with Crippen molar-refractivity contribution in [3.63, 3.8) is 0 Å². The highest BCUT2D eigenvalue weighted by atomic mass is 35.5. The molecule has 0 radical (unpaired) electrons. The third-order valence-electron chi connectivity index (χ3n) is 5.97. The summed E-state index contributed by atoms with van der Waals surface area (Å²) in [7, 11) is 0. The molecule has 9 nitrogen and oxygen atoms in total. The Bertz CT molecular complexity index is 1360. The maximum atomic E-state index is 9.51. The second-order valence-corrected chi connectivity index (χ2v) is 8.13. The molecule has 0 saturated carbocycles. The van der Waals surface area contributed by atoms with Crippen LogP contribution in [0.3, 0.4) is 0 Å². The van der Waals surface area contributed by atoms with Crippen LogP contribution in [0.4, 0.5) is 5.69 Å². The first-order valence-electron chi connectivity index (χ1n) is 10.2. The topological polar surface area (TPSA) is 123 Å². The Kier molecular flexibility index (Phi) is 5.18. The molecule has 5 rings (SSSR count). The molecule has 32 heavy (non-hydrogen) atoms. The average molecular weight is 444 g/mol. The van der Waals surface area contributed by atoms with Crippen LogP contribution in [0.5, 0.6) is 0 Å². The first-order valence-corrected chi connectivity index (χ1v) is 10.6. The fourth-order valence-electron chi connectivity index (χ4n) is 4.41. The van der Waals surface area contributed by atoms with Crippen molar-refractivity contribution in [2.24, 2.45) is 5.92 Å². The molecule has 1 saturated heterocycles. The second kappa shape index (κ2) is 8.29. The van der Waals surface area contributed by atoms with E-state index in [1.54, 1.807) is 12.4 Å². The van der Waals surface area contributed by atoms with Crippen molar-refractivity contribution in [1.82, 2.24) is 29.7 Å². The van der Waals surface area contributed by atoms with Crippen LogP contribution in [0.1, 0.15) is 24.4 Å². The van der Waals surface area contributed by atoms with Crippen LogP contribution in [0, 0.1) is 28.6 Å². The number of hydrogen-bond donors (Lipinski definition) is 1. The van der Waals surface area contributed by atoms with E-state index in [4.69, 9.17) is 11.6 Å². The van der Waals surface area contributed by atoms with E-state index in [-0.39, 0.29) is 12.0 Å². The largest absolute Gasteiger partial charge is 0.369 e. The van der Waals surface area contributed by atoms with Crippen molar-refractivity contribution in [1.29, 1.82) is 10.5 Å². The smallest absolute Gasteiger partial charge is 0.141 e. The van der Waals surface area contributed by atoms with Crippen molar-refractivity contribution in [3.8, 4) is 23.4 Å². The van der Waals surface area contributed by atoms with Crippen LogP contribution in [0.15, 0.2) is 43.4 Å². The lowest BCUT2D eigenvalue weighted by Crippen LogP contribution is -2.25. The van der Waals surface area contributed by atoms with Gasteiger partial charge in [0.1, 0.15) is 18.0 Å². The molecule has 0 amide bonds. The van der Waals surface area contributed by atoms with Crippen LogP contribution < -0.4 is 4.90 Å². The van der Waals surface area contributed by atoms with Crippen molar-refractivity contribution >= 4 is 28.3 Å². The number of halogens is 1. The van der Waals surface area contributed by atoms with Crippen LogP contribution in [-0.4, -0.2) is 42.8 Å². The first-order chi connectivity index (χ1) is 15.7. The summed E-state index contributed by atoms with van der Waals surface area (Å²) in [6, 6.07) is 6.33. The molecule has 158 valence electrons. The summed E-state index contributed by atoms with van der Waals surface area (Å²) in [5.74, 6) is 0.186. The Hall–Kier alpha value is -3.95. The number of pyridine rings is 1. The zero-order chi connectivity index (χ0) is 22.1. The molecule has 0 unspecified atom stereocenters. The molecule has 1 N–H and O–H groups in total. The first kappa shape index (κ1) is 20.0. The zero-order valence-electron chi connectivity index (χ0n) is 17.0. The van der Waals surface area contributed by atoms with Gasteiger partial charge in [-0.05, 0) is 12.5 Å². The van der Waals surface area contributed by atoms with Crippen molar-refractivity contribution < 1.29 is 0 Å². The quantitative estimate of drug-likeness (QED) is 0.498. The van der Waals surface area contributed by atoms with Crippen molar-refractivity contribution in [2.45, 2.75) is 18.9 Å². The molecule has 0 spiro atoms. The molecule has 0 aliphatic carbocycles. The molecule has 10 heteroatoms. The number of rotatable bonds is 5. The number of anilines is 1. The molecule has 1 aliphatic heterocycles. The highest BCUT2D eigenvalue weighted by Gasteiger charge is 2.32. The maximum Gasteiger partial charge on any atom is 0.141 e. The Balaban J connectivity index is 1.42. The molecular formula is C22H18ClN9. The normalized spacial score (nSPS) is 16.7. The summed E-state index contributed by atoms with van der Waals surface area (Å²) in [5, 5.41) is 24.9. The summed E-state index contributed by atoms with van der Waals surface area (Å²) in [6.45, 7) is 1.45. The van der Waals surface area contributed by atoms with E-state index in [1.807, 2.05) is 23.1 Å². The molecular weight excluding hydrogens is 426 g/mol. The standard InChI is InChI=1S/C22H18ClN9/c23-18-9-26-10-20(17(18)7-25)31-6-3-14(11-31)19(1-4-24)32-12-15(8-30-32)21-16-2-5-27-22(16)29-13-28-21/h2,5,8-10,12-14,19H,1,3,6,11H2,(H,27,28,29)/t14-,19-/m0/s1. The number of fused-ring (bicyclic) bond motifs is 1. The summed E-state index contributed by atoms with van der Waals surface area (Å²) in [5.41, 5.74) is 3.61. The van der Waals surface area contributed by atoms with Gasteiger partial charge in [-0.25, -0.2) is 9.97 Å². The fraction of sp³-hybridized carbons (Fsp3) is 0.273. The van der Waals surface area contributed by atoms with Gasteiger partial charge in [0.25, 0.3) is 0 Å². The number of hydrogen-bond acceptors (Lipinski definition) is 7. The minimum Gasteiger partial charge on any atom is -0.369 e. The van der Waals surface area contributed by atoms with Crippen molar-refractivity contribution in [2.75, 3.05) is 18.0 Å². The number of nitriles is 2. The lowest BCUT2D eigenvalue weighted by atomic mass is 9.96. The average Bonchev–Trinajstić information content (AvgIpc) is 3.57. The van der Waals surface area contributed by atoms with E-state index in [9.17, 15) is 10.5 Å². The van der Waals surface area contributed by atoms with E-state index in [2.05, 4.69) is 42.1 Å². The lowest BCUT2D eigenvalue weighted by Gasteiger charge is -2.24. The SMILES string of the molecule is N#CC[C@@H]([C@H]1CCN(c2cncc(Cl)c2C#N)C1)n1cc(-c2ncnc3[nH]ccc23)cn1. The van der Waals surface area contributed by atoms with E-state index in [1.165, 1.54) is 12.5 Å². The summed E-state index contributed by atoms with van der Waals surface area (Å²) < 4.78 is 1.87. The van der Waals surface area contributed by atoms with Gasteiger partial charge in [0.15, 0.2) is 0 Å². The fourth-order valence-corrected chi connectivity index (χ4v) is 4.60. The highest BCUT2D eigenvalue weighted by Crippen LogP contribution is 2.36. The van der Waals surface area contributed by atoms with Gasteiger partial charge in [-0.3, -0.25) is 9.67 Å². The van der Waals surface area contributed by atoms with Gasteiger partial charge in [0.2, 0.25) is 0 Å². The Labute approximate surface area is 188 Å². The number of H-pyrrole nitrogens is 1. The van der Waals surface area contributed by atoms with E-state index in [0.29, 0.717) is 23.6 Å². The molecule has 5 heterocycles. The molecule has 4 aromatic rings. The van der Waals surface area contributed by atoms with Crippen LogP contribution >= 0.6 is 11.6 Å². The van der Waals surface area contributed by atoms with Gasteiger partial charge >= 0.3 is 0 Å². The Morgan fingerprint density at radius 3 is 3.00 bits per heavy atom. The molecule has 4 aromatic heterocycles. The zero-order valence-corrected chi connectivity index (χ0v) is 17.7. The summed E-state index contributed by atoms with van der Waals surface area (Å²) in [6.07, 6.45) is 11.4. The van der Waals surface area contributed by atoms with Gasteiger partial charge in [-0.1, -0.05) is 11.6 Å². The molecule has 0 bridgehead atoms. The number of nitrogens with zero attached hydrogens (tertiary/aromatic N) is 8. The second-order valence-electron chi connectivity index (χ2n) is 7.72. The highest BCUT2D eigenvalue weighted by molar-refractivity contribution is 6.32. The number of nitrogens with one attached hydrogen (secondary N) is 1. The van der Waals surface area contributed by atoms with Crippen LogP contribution in [0.2, 0.25) is 5.02 Å².